The van der Waals surface area contributed by atoms with E-state index in [1.807, 2.05) is 13.8 Å². The van der Waals surface area contributed by atoms with Crippen molar-refractivity contribution in [1.29, 1.82) is 10.8 Å². The van der Waals surface area contributed by atoms with E-state index in [0.717, 1.165) is 18.4 Å². The Morgan fingerprint density at radius 1 is 1.20 bits per heavy atom. The summed E-state index contributed by atoms with van der Waals surface area (Å²) in [5.74, 6) is 0.806. The van der Waals surface area contributed by atoms with Crippen LogP contribution in [0.5, 0.6) is 0 Å². The average Bonchev–Trinajstić information content (AvgIpc) is 2.16. The van der Waals surface area contributed by atoms with Crippen LogP contribution < -0.4 is 0 Å². The molecule has 0 aliphatic heterocycles. The van der Waals surface area contributed by atoms with Gasteiger partial charge in [-0.2, -0.15) is 0 Å². The molecule has 0 radical (unpaired) electrons. The second-order valence-corrected chi connectivity index (χ2v) is 4.66. The van der Waals surface area contributed by atoms with Crippen LogP contribution in [0.1, 0.15) is 47.0 Å². The van der Waals surface area contributed by atoms with E-state index in [2.05, 4.69) is 20.4 Å². The molecule has 0 amide bonds. The first-order chi connectivity index (χ1) is 6.88. The van der Waals surface area contributed by atoms with Gasteiger partial charge in [0.25, 0.3) is 0 Å². The van der Waals surface area contributed by atoms with Gasteiger partial charge in [0.05, 0.1) is 0 Å². The zero-order valence-corrected chi connectivity index (χ0v) is 10.5. The standard InChI is InChI=1S/C13H24N2/c1-6-10(4)7-13(15)11(5)8-12(14)9(2)3/h9-10,14-15H,5-8H2,1-4H3/t10-/m0/s1. The fraction of sp³-hybridized carbons (Fsp3) is 0.692. The van der Waals surface area contributed by atoms with Crippen molar-refractivity contribution in [2.45, 2.75) is 47.0 Å². The minimum Gasteiger partial charge on any atom is -0.309 e. The third-order valence-electron chi connectivity index (χ3n) is 2.78. The van der Waals surface area contributed by atoms with Crippen molar-refractivity contribution < 1.29 is 0 Å². The Morgan fingerprint density at radius 3 is 2.13 bits per heavy atom. The van der Waals surface area contributed by atoms with Gasteiger partial charge < -0.3 is 10.8 Å². The van der Waals surface area contributed by atoms with Crippen LogP contribution in [0.25, 0.3) is 0 Å². The van der Waals surface area contributed by atoms with E-state index in [9.17, 15) is 0 Å². The van der Waals surface area contributed by atoms with Gasteiger partial charge in [-0.1, -0.05) is 40.7 Å². The second-order valence-electron chi connectivity index (χ2n) is 4.66. The molecule has 0 heterocycles. The highest BCUT2D eigenvalue weighted by Crippen LogP contribution is 2.14. The van der Waals surface area contributed by atoms with Crippen molar-refractivity contribution in [2.75, 3.05) is 0 Å². The van der Waals surface area contributed by atoms with Gasteiger partial charge in [-0.3, -0.25) is 0 Å². The summed E-state index contributed by atoms with van der Waals surface area (Å²) in [6, 6.07) is 0. The van der Waals surface area contributed by atoms with Crippen molar-refractivity contribution in [3.05, 3.63) is 12.2 Å². The molecule has 0 bridgehead atoms. The fourth-order valence-corrected chi connectivity index (χ4v) is 1.18. The molecule has 1 atom stereocenters. The molecule has 0 fully saturated rings. The van der Waals surface area contributed by atoms with Gasteiger partial charge in [0.15, 0.2) is 0 Å². The minimum atomic E-state index is 0.262. The van der Waals surface area contributed by atoms with Crippen LogP contribution in [-0.2, 0) is 0 Å². The molecular formula is C13H24N2. The van der Waals surface area contributed by atoms with Gasteiger partial charge in [-0.15, -0.1) is 0 Å². The maximum atomic E-state index is 7.87. The van der Waals surface area contributed by atoms with E-state index in [1.165, 1.54) is 0 Å². The third kappa shape index (κ3) is 5.50. The van der Waals surface area contributed by atoms with E-state index >= 15 is 0 Å². The summed E-state index contributed by atoms with van der Waals surface area (Å²) < 4.78 is 0. The number of rotatable bonds is 7. The van der Waals surface area contributed by atoms with E-state index < -0.39 is 0 Å². The van der Waals surface area contributed by atoms with Gasteiger partial charge in [-0.25, -0.2) is 0 Å². The monoisotopic (exact) mass is 208 g/mol. The summed E-state index contributed by atoms with van der Waals surface area (Å²) in [6.07, 6.45) is 2.45. The molecule has 0 aromatic carbocycles. The van der Waals surface area contributed by atoms with Gasteiger partial charge >= 0.3 is 0 Å². The molecule has 0 unspecified atom stereocenters. The molecule has 2 N–H and O–H groups in total. The topological polar surface area (TPSA) is 47.7 Å². The molecule has 15 heavy (non-hydrogen) atoms. The Bertz CT molecular complexity index is 251. The first-order valence-electron chi connectivity index (χ1n) is 5.71. The summed E-state index contributed by atoms with van der Waals surface area (Å²) in [4.78, 5) is 0. The first kappa shape index (κ1) is 14.1. The molecule has 0 aliphatic rings. The highest BCUT2D eigenvalue weighted by molar-refractivity contribution is 6.02. The quantitative estimate of drug-likeness (QED) is 0.593. The summed E-state index contributed by atoms with van der Waals surface area (Å²) in [5.41, 5.74) is 2.11. The summed E-state index contributed by atoms with van der Waals surface area (Å²) in [5, 5.41) is 15.6. The van der Waals surface area contributed by atoms with Crippen molar-refractivity contribution >= 4 is 11.4 Å². The zero-order valence-electron chi connectivity index (χ0n) is 10.5. The van der Waals surface area contributed by atoms with E-state index in [1.54, 1.807) is 0 Å². The van der Waals surface area contributed by atoms with Crippen molar-refractivity contribution in [3.63, 3.8) is 0 Å². The molecule has 0 aromatic heterocycles. The first-order valence-corrected chi connectivity index (χ1v) is 5.71. The predicted molar refractivity (Wildman–Crippen MR) is 68.1 cm³/mol. The maximum absolute atomic E-state index is 7.87. The lowest BCUT2D eigenvalue weighted by Crippen LogP contribution is -2.12. The smallest absolute Gasteiger partial charge is 0.0346 e. The van der Waals surface area contributed by atoms with Gasteiger partial charge in [0.1, 0.15) is 0 Å². The highest BCUT2D eigenvalue weighted by Gasteiger charge is 2.11. The Morgan fingerprint density at radius 2 is 1.73 bits per heavy atom. The van der Waals surface area contributed by atoms with E-state index in [4.69, 9.17) is 10.8 Å². The lowest BCUT2D eigenvalue weighted by Gasteiger charge is -2.13. The SMILES string of the molecule is C=C(CC(=N)C(C)C)C(=N)C[C@@H](C)CC. The molecule has 0 aromatic rings. The Labute approximate surface area is 93.8 Å². The van der Waals surface area contributed by atoms with Gasteiger partial charge in [0.2, 0.25) is 0 Å². The normalized spacial score (nSPS) is 12.6. The Hall–Kier alpha value is -0.920. The molecule has 2 nitrogen and oxygen atoms in total. The molecule has 0 aliphatic carbocycles. The second kappa shape index (κ2) is 6.54. The number of nitrogens with one attached hydrogen (secondary N) is 2. The molecule has 2 heteroatoms. The predicted octanol–water partition coefficient (Wildman–Crippen LogP) is 4.06. The van der Waals surface area contributed by atoms with Gasteiger partial charge in [-0.05, 0) is 23.8 Å². The van der Waals surface area contributed by atoms with Crippen LogP contribution in [0.3, 0.4) is 0 Å². The summed E-state index contributed by atoms with van der Waals surface area (Å²) in [7, 11) is 0. The zero-order chi connectivity index (χ0) is 12.0. The average molecular weight is 208 g/mol. The Kier molecular flexibility index (Phi) is 6.14. The van der Waals surface area contributed by atoms with Gasteiger partial charge in [0, 0.05) is 17.8 Å². The minimum absolute atomic E-state index is 0.262. The molecule has 0 saturated heterocycles. The molecule has 0 spiro atoms. The van der Waals surface area contributed by atoms with Crippen LogP contribution >= 0.6 is 0 Å². The molecule has 0 saturated carbocycles. The molecule has 86 valence electrons. The van der Waals surface area contributed by atoms with Crippen LogP contribution in [-0.4, -0.2) is 11.4 Å². The van der Waals surface area contributed by atoms with E-state index in [-0.39, 0.29) is 5.92 Å². The highest BCUT2D eigenvalue weighted by atomic mass is 14.5. The maximum Gasteiger partial charge on any atom is 0.0346 e. The molecule has 0 rings (SSSR count). The summed E-state index contributed by atoms with van der Waals surface area (Å²) >= 11 is 0. The van der Waals surface area contributed by atoms with Crippen LogP contribution in [0.15, 0.2) is 12.2 Å². The molecular weight excluding hydrogens is 184 g/mol. The Balaban J connectivity index is 4.11. The number of hydrogen-bond donors (Lipinski definition) is 2. The third-order valence-corrected chi connectivity index (χ3v) is 2.78. The van der Waals surface area contributed by atoms with E-state index in [0.29, 0.717) is 23.8 Å². The van der Waals surface area contributed by atoms with Crippen molar-refractivity contribution in [3.8, 4) is 0 Å². The summed E-state index contributed by atoms with van der Waals surface area (Å²) in [6.45, 7) is 12.2. The van der Waals surface area contributed by atoms with Crippen molar-refractivity contribution in [2.24, 2.45) is 11.8 Å². The lowest BCUT2D eigenvalue weighted by atomic mass is 9.93. The van der Waals surface area contributed by atoms with Crippen LogP contribution in [0, 0.1) is 22.7 Å². The number of hydrogen-bond acceptors (Lipinski definition) is 2. The fourth-order valence-electron chi connectivity index (χ4n) is 1.18. The lowest BCUT2D eigenvalue weighted by molar-refractivity contribution is 0.585. The van der Waals surface area contributed by atoms with Crippen LogP contribution in [0.4, 0.5) is 0 Å². The largest absolute Gasteiger partial charge is 0.309 e. The number of allylic oxidation sites excluding steroid dienone is 1. The van der Waals surface area contributed by atoms with Crippen LogP contribution in [0.2, 0.25) is 0 Å². The van der Waals surface area contributed by atoms with Crippen molar-refractivity contribution in [1.82, 2.24) is 0 Å².